The lowest BCUT2D eigenvalue weighted by molar-refractivity contribution is 0.202. The van der Waals surface area contributed by atoms with Crippen LogP contribution in [0.5, 0.6) is 5.75 Å². The van der Waals surface area contributed by atoms with Crippen LogP contribution in [0.25, 0.3) is 0 Å². The Hall–Kier alpha value is -2.28. The van der Waals surface area contributed by atoms with E-state index >= 15 is 0 Å². The highest BCUT2D eigenvalue weighted by Crippen LogP contribution is 2.36. The summed E-state index contributed by atoms with van der Waals surface area (Å²) in [5, 5.41) is 2.95. The number of carbonyl (C=O) groups excluding carboxylic acids is 1. The van der Waals surface area contributed by atoms with Crippen LogP contribution < -0.4 is 10.1 Å². The molecule has 26 heavy (non-hydrogen) atoms. The Bertz CT molecular complexity index is 816. The van der Waals surface area contributed by atoms with Crippen molar-refractivity contribution in [2.75, 3.05) is 19.9 Å². The fraction of sp³-hybridized carbons (Fsp3) is 0.316. The number of nitrogens with zero attached hydrogens (tertiary/aromatic N) is 1. The van der Waals surface area contributed by atoms with Crippen molar-refractivity contribution in [1.82, 2.24) is 10.2 Å². The fourth-order valence-corrected chi connectivity index (χ4v) is 4.03. The maximum atomic E-state index is 13.8. The van der Waals surface area contributed by atoms with E-state index < -0.39 is 5.82 Å². The average molecular weight is 378 g/mol. The van der Waals surface area contributed by atoms with Gasteiger partial charge in [0.15, 0.2) is 11.6 Å². The quantitative estimate of drug-likeness (QED) is 0.860. The molecule has 0 spiro atoms. The molecule has 2 amide bonds. The zero-order chi connectivity index (χ0) is 18.7. The number of urea groups is 1. The summed E-state index contributed by atoms with van der Waals surface area (Å²) >= 11 is 1.66. The molecule has 1 heterocycles. The largest absolute Gasteiger partial charge is 0.494 e. The second-order valence-corrected chi connectivity index (χ2v) is 7.28. The number of methoxy groups -OCH3 is 1. The lowest BCUT2D eigenvalue weighted by atomic mass is 10.0. The Balaban J connectivity index is 1.67. The molecule has 3 rings (SSSR count). The Morgan fingerprint density at radius 2 is 2.12 bits per heavy atom. The number of hydrogen-bond donors (Lipinski definition) is 1. The van der Waals surface area contributed by atoms with Crippen LogP contribution in [0.15, 0.2) is 41.3 Å². The summed E-state index contributed by atoms with van der Waals surface area (Å²) in [7, 11) is 3.04. The first-order valence-electron chi connectivity index (χ1n) is 8.24. The van der Waals surface area contributed by atoms with Gasteiger partial charge in [0, 0.05) is 24.2 Å². The molecular weight excluding hydrogens is 358 g/mol. The highest BCUT2D eigenvalue weighted by Gasteiger charge is 2.24. The molecule has 1 aliphatic rings. The summed E-state index contributed by atoms with van der Waals surface area (Å²) in [6, 6.07) is 8.74. The highest BCUT2D eigenvalue weighted by molar-refractivity contribution is 7.99. The molecule has 0 aliphatic carbocycles. The van der Waals surface area contributed by atoms with E-state index in [2.05, 4.69) is 5.32 Å². The molecule has 0 bridgehead atoms. The molecule has 2 aromatic rings. The van der Waals surface area contributed by atoms with E-state index in [1.807, 2.05) is 0 Å². The summed E-state index contributed by atoms with van der Waals surface area (Å²) in [6.45, 7) is 0.254. The molecule has 138 valence electrons. The van der Waals surface area contributed by atoms with Crippen LogP contribution >= 0.6 is 11.8 Å². The van der Waals surface area contributed by atoms with Crippen LogP contribution in [-0.4, -0.2) is 30.8 Å². The van der Waals surface area contributed by atoms with Crippen LogP contribution in [0.1, 0.15) is 23.6 Å². The number of ether oxygens (including phenoxy) is 1. The normalized spacial score (nSPS) is 15.9. The van der Waals surface area contributed by atoms with Gasteiger partial charge in [-0.3, -0.25) is 0 Å². The minimum absolute atomic E-state index is 0.166. The monoisotopic (exact) mass is 378 g/mol. The first-order valence-corrected chi connectivity index (χ1v) is 9.23. The van der Waals surface area contributed by atoms with Gasteiger partial charge in [-0.25, -0.2) is 13.6 Å². The molecule has 0 saturated carbocycles. The molecule has 1 aliphatic heterocycles. The number of hydrogen-bond acceptors (Lipinski definition) is 3. The smallest absolute Gasteiger partial charge is 0.317 e. The van der Waals surface area contributed by atoms with Crippen molar-refractivity contribution in [2.45, 2.75) is 23.9 Å². The summed E-state index contributed by atoms with van der Waals surface area (Å²) in [5.41, 5.74) is 1.46. The van der Waals surface area contributed by atoms with E-state index in [0.29, 0.717) is 5.56 Å². The van der Waals surface area contributed by atoms with Crippen molar-refractivity contribution < 1.29 is 18.3 Å². The first-order chi connectivity index (χ1) is 12.5. The summed E-state index contributed by atoms with van der Waals surface area (Å²) in [5.74, 6) is 0.246. The van der Waals surface area contributed by atoms with Gasteiger partial charge in [-0.05, 0) is 47.9 Å². The van der Waals surface area contributed by atoms with Gasteiger partial charge in [-0.1, -0.05) is 6.07 Å². The number of amides is 2. The van der Waals surface area contributed by atoms with Crippen molar-refractivity contribution in [3.8, 4) is 5.75 Å². The van der Waals surface area contributed by atoms with Crippen LogP contribution in [0.2, 0.25) is 0 Å². The third-order valence-electron chi connectivity index (χ3n) is 4.29. The lowest BCUT2D eigenvalue weighted by Gasteiger charge is -2.28. The van der Waals surface area contributed by atoms with E-state index in [0.717, 1.165) is 22.6 Å². The Morgan fingerprint density at radius 3 is 2.85 bits per heavy atom. The van der Waals surface area contributed by atoms with Gasteiger partial charge < -0.3 is 15.0 Å². The van der Waals surface area contributed by atoms with Crippen molar-refractivity contribution in [2.24, 2.45) is 0 Å². The van der Waals surface area contributed by atoms with Crippen molar-refractivity contribution >= 4 is 17.8 Å². The zero-order valence-electron chi connectivity index (χ0n) is 14.6. The molecular formula is C19H20F2N2O2S. The van der Waals surface area contributed by atoms with Crippen LogP contribution in [0.4, 0.5) is 13.6 Å². The minimum atomic E-state index is -0.465. The molecule has 0 aromatic heterocycles. The van der Waals surface area contributed by atoms with Crippen LogP contribution in [0, 0.1) is 11.6 Å². The molecule has 2 aromatic carbocycles. The third kappa shape index (κ3) is 4.09. The fourth-order valence-electron chi connectivity index (χ4n) is 2.93. The molecule has 1 N–H and O–H groups in total. The topological polar surface area (TPSA) is 41.6 Å². The number of benzene rings is 2. The Kier molecular flexibility index (Phi) is 5.66. The van der Waals surface area contributed by atoms with E-state index in [1.54, 1.807) is 30.9 Å². The number of nitrogens with one attached hydrogen (secondary N) is 1. The molecule has 0 fully saturated rings. The van der Waals surface area contributed by atoms with Gasteiger partial charge in [0.05, 0.1) is 13.2 Å². The Morgan fingerprint density at radius 1 is 1.31 bits per heavy atom. The van der Waals surface area contributed by atoms with Crippen LogP contribution in [-0.2, 0) is 6.54 Å². The number of fused-ring (bicyclic) bond motifs is 1. The average Bonchev–Trinajstić information content (AvgIpc) is 2.62. The van der Waals surface area contributed by atoms with Gasteiger partial charge >= 0.3 is 6.03 Å². The molecule has 4 nitrogen and oxygen atoms in total. The second kappa shape index (κ2) is 7.95. The maximum Gasteiger partial charge on any atom is 0.317 e. The predicted molar refractivity (Wildman–Crippen MR) is 97.4 cm³/mol. The summed E-state index contributed by atoms with van der Waals surface area (Å²) < 4.78 is 32.3. The maximum absolute atomic E-state index is 13.8. The number of thioether (sulfide) groups is 1. The van der Waals surface area contributed by atoms with E-state index in [9.17, 15) is 13.6 Å². The van der Waals surface area contributed by atoms with Crippen molar-refractivity contribution in [3.05, 3.63) is 59.2 Å². The van der Waals surface area contributed by atoms with Crippen molar-refractivity contribution in [3.63, 3.8) is 0 Å². The molecule has 0 radical (unpaired) electrons. The molecule has 1 atom stereocenters. The molecule has 0 saturated heterocycles. The predicted octanol–water partition coefficient (Wildman–Crippen LogP) is 4.35. The number of carbonyl (C=O) groups is 1. The highest BCUT2D eigenvalue weighted by atomic mass is 32.2. The van der Waals surface area contributed by atoms with Gasteiger partial charge in [0.2, 0.25) is 0 Å². The Labute approximate surface area is 155 Å². The third-order valence-corrected chi connectivity index (χ3v) is 5.41. The molecule has 7 heteroatoms. The second-order valence-electron chi connectivity index (χ2n) is 6.15. The summed E-state index contributed by atoms with van der Waals surface area (Å²) in [6.07, 6.45) is 0.734. The van der Waals surface area contributed by atoms with Gasteiger partial charge in [-0.2, -0.15) is 0 Å². The van der Waals surface area contributed by atoms with Crippen LogP contribution in [0.3, 0.4) is 0 Å². The van der Waals surface area contributed by atoms with Gasteiger partial charge in [-0.15, -0.1) is 11.8 Å². The first kappa shape index (κ1) is 18.5. The van der Waals surface area contributed by atoms with Gasteiger partial charge in [0.1, 0.15) is 5.82 Å². The molecule has 1 unspecified atom stereocenters. The van der Waals surface area contributed by atoms with Crippen molar-refractivity contribution in [1.29, 1.82) is 0 Å². The van der Waals surface area contributed by atoms with Gasteiger partial charge in [0.25, 0.3) is 0 Å². The number of rotatable bonds is 4. The zero-order valence-corrected chi connectivity index (χ0v) is 15.4. The summed E-state index contributed by atoms with van der Waals surface area (Å²) in [4.78, 5) is 15.0. The lowest BCUT2D eigenvalue weighted by Crippen LogP contribution is -2.40. The standard InChI is InChI=1S/C19H20F2N2O2S/c1-23(11-12-3-5-17(25-2)15(21)9-12)19(24)22-16-7-8-26-18-6-4-13(20)10-14(16)18/h3-6,9-10,16H,7-8,11H2,1-2H3,(H,22,24). The van der Waals surface area contributed by atoms with E-state index in [4.69, 9.17) is 4.74 Å². The minimum Gasteiger partial charge on any atom is -0.494 e. The number of halogens is 2. The van der Waals surface area contributed by atoms with E-state index in [1.165, 1.54) is 36.3 Å². The van der Waals surface area contributed by atoms with E-state index in [-0.39, 0.29) is 30.2 Å². The SMILES string of the molecule is COc1ccc(CN(C)C(=O)NC2CCSc3ccc(F)cc32)cc1F.